The van der Waals surface area contributed by atoms with Gasteiger partial charge in [-0.3, -0.25) is 0 Å². The molecule has 2 nitrogen and oxygen atoms in total. The van der Waals surface area contributed by atoms with Crippen LogP contribution in [0.3, 0.4) is 0 Å². The highest BCUT2D eigenvalue weighted by Crippen LogP contribution is 2.32. The zero-order chi connectivity index (χ0) is 15.5. The van der Waals surface area contributed by atoms with E-state index in [-0.39, 0.29) is 11.7 Å². The molecule has 1 aliphatic heterocycles. The molecule has 1 aromatic carbocycles. The van der Waals surface area contributed by atoms with E-state index in [0.717, 1.165) is 38.1 Å². The van der Waals surface area contributed by atoms with Crippen LogP contribution in [-0.2, 0) is 6.18 Å². The van der Waals surface area contributed by atoms with Gasteiger partial charge in [0.25, 0.3) is 0 Å². The average molecular weight is 305 g/mol. The van der Waals surface area contributed by atoms with Gasteiger partial charge in [0.2, 0.25) is 0 Å². The molecular weight excluding hydrogens is 286 g/mol. The summed E-state index contributed by atoms with van der Waals surface area (Å²) in [5, 5.41) is 3.30. The molecule has 1 aromatic rings. The molecule has 2 unspecified atom stereocenters. The van der Waals surface area contributed by atoms with Gasteiger partial charge >= 0.3 is 6.18 Å². The molecule has 1 N–H and O–H groups in total. The lowest BCUT2D eigenvalue weighted by atomic mass is 10.0. The Balaban J connectivity index is 1.94. The van der Waals surface area contributed by atoms with Crippen LogP contribution < -0.4 is 10.1 Å². The highest BCUT2D eigenvalue weighted by atomic mass is 19.4. The number of nitrogens with one attached hydrogen (secondary N) is 1. The van der Waals surface area contributed by atoms with Gasteiger partial charge in [-0.2, -0.15) is 13.2 Å². The third-order valence-electron chi connectivity index (χ3n) is 3.73. The summed E-state index contributed by atoms with van der Waals surface area (Å²) in [6.45, 7) is 4.20. The van der Waals surface area contributed by atoms with Crippen LogP contribution in [0.15, 0.2) is 18.2 Å². The van der Waals surface area contributed by atoms with E-state index in [1.165, 1.54) is 0 Å². The van der Waals surface area contributed by atoms with Crippen molar-refractivity contribution in [2.75, 3.05) is 19.7 Å². The molecule has 118 valence electrons. The maximum absolute atomic E-state index is 13.6. The van der Waals surface area contributed by atoms with Crippen LogP contribution >= 0.6 is 0 Å². The largest absolute Gasteiger partial charge is 0.490 e. The summed E-state index contributed by atoms with van der Waals surface area (Å²) < 4.78 is 56.3. The SMILES string of the molecule is CC1CCC(COc2ccc(C(F)(F)F)cc2F)CNC1. The molecule has 0 spiro atoms. The van der Waals surface area contributed by atoms with Crippen LogP contribution in [0.1, 0.15) is 25.3 Å². The van der Waals surface area contributed by atoms with Crippen molar-refractivity contribution in [1.82, 2.24) is 5.32 Å². The number of alkyl halides is 3. The zero-order valence-corrected chi connectivity index (χ0v) is 11.8. The Morgan fingerprint density at radius 2 is 2.00 bits per heavy atom. The Hall–Kier alpha value is -1.30. The number of benzene rings is 1. The van der Waals surface area contributed by atoms with Crippen LogP contribution in [0.2, 0.25) is 0 Å². The summed E-state index contributed by atoms with van der Waals surface area (Å²) in [6, 6.07) is 2.36. The van der Waals surface area contributed by atoms with E-state index in [1.54, 1.807) is 0 Å². The van der Waals surface area contributed by atoms with Gasteiger partial charge in [0.15, 0.2) is 11.6 Å². The lowest BCUT2D eigenvalue weighted by molar-refractivity contribution is -0.137. The maximum Gasteiger partial charge on any atom is 0.416 e. The third kappa shape index (κ3) is 4.59. The van der Waals surface area contributed by atoms with Crippen molar-refractivity contribution in [2.24, 2.45) is 11.8 Å². The topological polar surface area (TPSA) is 21.3 Å². The summed E-state index contributed by atoms with van der Waals surface area (Å²) >= 11 is 0. The molecule has 0 aromatic heterocycles. The van der Waals surface area contributed by atoms with Gasteiger partial charge < -0.3 is 10.1 Å². The molecule has 0 amide bonds. The fraction of sp³-hybridized carbons (Fsp3) is 0.600. The van der Waals surface area contributed by atoms with E-state index < -0.39 is 17.6 Å². The molecule has 2 atom stereocenters. The van der Waals surface area contributed by atoms with Crippen molar-refractivity contribution < 1.29 is 22.3 Å². The first kappa shape index (κ1) is 16.1. The molecular formula is C15H19F4NO. The Labute approximate surface area is 121 Å². The van der Waals surface area contributed by atoms with E-state index in [9.17, 15) is 17.6 Å². The Morgan fingerprint density at radius 1 is 1.24 bits per heavy atom. The molecule has 0 aliphatic carbocycles. The molecule has 2 rings (SSSR count). The maximum atomic E-state index is 13.6. The van der Waals surface area contributed by atoms with Crippen LogP contribution in [0.4, 0.5) is 17.6 Å². The van der Waals surface area contributed by atoms with E-state index in [0.29, 0.717) is 18.6 Å². The van der Waals surface area contributed by atoms with Gasteiger partial charge in [-0.1, -0.05) is 6.92 Å². The molecule has 21 heavy (non-hydrogen) atoms. The van der Waals surface area contributed by atoms with Crippen LogP contribution in [0.5, 0.6) is 5.75 Å². The molecule has 1 aliphatic rings. The summed E-state index contributed by atoms with van der Waals surface area (Å²) in [7, 11) is 0. The van der Waals surface area contributed by atoms with Crippen molar-refractivity contribution in [3.05, 3.63) is 29.6 Å². The Bertz CT molecular complexity index is 475. The van der Waals surface area contributed by atoms with Crippen LogP contribution in [-0.4, -0.2) is 19.7 Å². The summed E-state index contributed by atoms with van der Waals surface area (Å²) in [6.07, 6.45) is -2.51. The van der Waals surface area contributed by atoms with Crippen molar-refractivity contribution in [3.63, 3.8) is 0 Å². The van der Waals surface area contributed by atoms with Crippen LogP contribution in [0, 0.1) is 17.7 Å². The van der Waals surface area contributed by atoms with Crippen molar-refractivity contribution >= 4 is 0 Å². The smallest absolute Gasteiger partial charge is 0.416 e. The second-order valence-corrected chi connectivity index (χ2v) is 5.66. The first-order chi connectivity index (χ1) is 9.86. The first-order valence-electron chi connectivity index (χ1n) is 7.06. The van der Waals surface area contributed by atoms with Gasteiger partial charge in [0, 0.05) is 12.5 Å². The number of rotatable bonds is 3. The fourth-order valence-electron chi connectivity index (χ4n) is 2.40. The van der Waals surface area contributed by atoms with Crippen molar-refractivity contribution in [2.45, 2.75) is 25.9 Å². The minimum absolute atomic E-state index is 0.125. The second kappa shape index (κ2) is 6.64. The summed E-state index contributed by atoms with van der Waals surface area (Å²) in [5.74, 6) is -0.255. The average Bonchev–Trinajstić information content (AvgIpc) is 2.61. The Morgan fingerprint density at radius 3 is 2.67 bits per heavy atom. The molecule has 6 heteroatoms. The fourth-order valence-corrected chi connectivity index (χ4v) is 2.40. The first-order valence-corrected chi connectivity index (χ1v) is 7.06. The van der Waals surface area contributed by atoms with Gasteiger partial charge in [-0.25, -0.2) is 4.39 Å². The summed E-state index contributed by atoms with van der Waals surface area (Å²) in [4.78, 5) is 0. The van der Waals surface area contributed by atoms with Crippen molar-refractivity contribution in [3.8, 4) is 5.75 Å². The van der Waals surface area contributed by atoms with Gasteiger partial charge in [-0.05, 0) is 43.5 Å². The minimum Gasteiger partial charge on any atom is -0.490 e. The molecule has 0 saturated carbocycles. The van der Waals surface area contributed by atoms with Gasteiger partial charge in [0.1, 0.15) is 0 Å². The predicted octanol–water partition coefficient (Wildman–Crippen LogP) is 3.86. The molecule has 1 fully saturated rings. The summed E-state index contributed by atoms with van der Waals surface area (Å²) in [5.41, 5.74) is -1.00. The highest BCUT2D eigenvalue weighted by Gasteiger charge is 2.31. The van der Waals surface area contributed by atoms with Crippen LogP contribution in [0.25, 0.3) is 0 Å². The Kier molecular flexibility index (Phi) is 5.08. The van der Waals surface area contributed by atoms with E-state index in [4.69, 9.17) is 4.74 Å². The van der Waals surface area contributed by atoms with E-state index >= 15 is 0 Å². The normalized spacial score (nSPS) is 23.7. The third-order valence-corrected chi connectivity index (χ3v) is 3.73. The van der Waals surface area contributed by atoms with Crippen molar-refractivity contribution in [1.29, 1.82) is 0 Å². The monoisotopic (exact) mass is 305 g/mol. The molecule has 1 heterocycles. The van der Waals surface area contributed by atoms with E-state index in [1.807, 2.05) is 0 Å². The number of hydrogen-bond donors (Lipinski definition) is 1. The zero-order valence-electron chi connectivity index (χ0n) is 11.8. The standard InChI is InChI=1S/C15H19F4NO/c1-10-2-3-11(8-20-7-10)9-21-14-5-4-12(6-13(14)16)15(17,18)19/h4-6,10-11,20H,2-3,7-9H2,1H3. The predicted molar refractivity (Wildman–Crippen MR) is 71.7 cm³/mol. The number of ether oxygens (including phenoxy) is 1. The lowest BCUT2D eigenvalue weighted by Gasteiger charge is -2.16. The van der Waals surface area contributed by atoms with E-state index in [2.05, 4.69) is 12.2 Å². The van der Waals surface area contributed by atoms with Gasteiger partial charge in [-0.15, -0.1) is 0 Å². The number of hydrogen-bond acceptors (Lipinski definition) is 2. The minimum atomic E-state index is -4.54. The molecule has 0 bridgehead atoms. The lowest BCUT2D eigenvalue weighted by Crippen LogP contribution is -2.26. The highest BCUT2D eigenvalue weighted by molar-refractivity contribution is 5.30. The quantitative estimate of drug-likeness (QED) is 0.856. The van der Waals surface area contributed by atoms with Gasteiger partial charge in [0.05, 0.1) is 12.2 Å². The number of halogens is 4. The second-order valence-electron chi connectivity index (χ2n) is 5.66. The molecule has 1 saturated heterocycles. The molecule has 0 radical (unpaired) electrons.